The Kier molecular flexibility index (Phi) is 4.18. The van der Waals surface area contributed by atoms with Crippen LogP contribution >= 0.6 is 0 Å². The van der Waals surface area contributed by atoms with Crippen LogP contribution in [0, 0.1) is 5.82 Å². The molecule has 1 atom stereocenters. The third-order valence-electron chi connectivity index (χ3n) is 4.05. The first-order valence-electron chi connectivity index (χ1n) is 7.64. The number of halogens is 1. The zero-order valence-electron chi connectivity index (χ0n) is 12.6. The average Bonchev–Trinajstić information content (AvgIpc) is 2.91. The van der Waals surface area contributed by atoms with Gasteiger partial charge in [0.25, 0.3) is 5.91 Å². The summed E-state index contributed by atoms with van der Waals surface area (Å²) in [5.74, 6) is 0.0345. The fraction of sp³-hybridized carbons (Fsp3) is 0.438. The largest absolute Gasteiger partial charge is 0.333 e. The zero-order valence-corrected chi connectivity index (χ0v) is 12.6. The van der Waals surface area contributed by atoms with Gasteiger partial charge in [0.05, 0.1) is 17.8 Å². The van der Waals surface area contributed by atoms with E-state index in [1.807, 2.05) is 6.20 Å². The number of imidazole rings is 1. The van der Waals surface area contributed by atoms with Gasteiger partial charge in [-0.3, -0.25) is 9.78 Å². The molecule has 1 unspecified atom stereocenters. The minimum absolute atomic E-state index is 0.0797. The predicted octanol–water partition coefficient (Wildman–Crippen LogP) is 2.80. The Labute approximate surface area is 128 Å². The molecule has 5 nitrogen and oxygen atoms in total. The van der Waals surface area contributed by atoms with Gasteiger partial charge in [-0.1, -0.05) is 13.3 Å². The fourth-order valence-corrected chi connectivity index (χ4v) is 3.02. The van der Waals surface area contributed by atoms with E-state index in [2.05, 4.69) is 21.5 Å². The summed E-state index contributed by atoms with van der Waals surface area (Å²) in [5, 5.41) is 0. The van der Waals surface area contributed by atoms with Crippen molar-refractivity contribution in [3.05, 3.63) is 48.1 Å². The number of carbonyl (C=O) groups excluding carboxylic acids is 1. The van der Waals surface area contributed by atoms with Crippen molar-refractivity contribution in [1.82, 2.24) is 19.4 Å². The summed E-state index contributed by atoms with van der Waals surface area (Å²) in [6, 6.07) is 1.33. The van der Waals surface area contributed by atoms with Crippen molar-refractivity contribution in [2.45, 2.75) is 38.8 Å². The van der Waals surface area contributed by atoms with E-state index in [0.29, 0.717) is 6.54 Å². The molecule has 0 saturated carbocycles. The van der Waals surface area contributed by atoms with Gasteiger partial charge in [-0.2, -0.15) is 0 Å². The van der Waals surface area contributed by atoms with Crippen LogP contribution in [0.3, 0.4) is 0 Å². The molecule has 1 aliphatic rings. The summed E-state index contributed by atoms with van der Waals surface area (Å²) in [6.07, 6.45) is 8.82. The van der Waals surface area contributed by atoms with Crippen molar-refractivity contribution in [3.63, 3.8) is 0 Å². The smallest absolute Gasteiger partial charge is 0.257 e. The van der Waals surface area contributed by atoms with Crippen LogP contribution in [0.25, 0.3) is 0 Å². The number of aryl methyl sites for hydroxylation is 1. The molecule has 1 amide bonds. The molecule has 0 spiro atoms. The number of hydrogen-bond acceptors (Lipinski definition) is 3. The topological polar surface area (TPSA) is 51.0 Å². The number of carbonyl (C=O) groups is 1. The van der Waals surface area contributed by atoms with E-state index in [-0.39, 0.29) is 17.5 Å². The van der Waals surface area contributed by atoms with Crippen LogP contribution in [0.5, 0.6) is 0 Å². The lowest BCUT2D eigenvalue weighted by Gasteiger charge is -2.29. The number of amides is 1. The standard InChI is InChI=1S/C16H19FN4O/c1-2-4-14-15-19-7-10-20(15)8-3-9-21(14)16(22)12-5-6-18-11-13(12)17/h5-7,10-11,14H,2-4,8-9H2,1H3. The fourth-order valence-electron chi connectivity index (χ4n) is 3.02. The highest BCUT2D eigenvalue weighted by Gasteiger charge is 2.31. The molecule has 3 heterocycles. The molecule has 22 heavy (non-hydrogen) atoms. The molecule has 6 heteroatoms. The summed E-state index contributed by atoms with van der Waals surface area (Å²) in [4.78, 5) is 22.7. The van der Waals surface area contributed by atoms with Crippen LogP contribution in [-0.2, 0) is 6.54 Å². The first-order chi connectivity index (χ1) is 10.7. The van der Waals surface area contributed by atoms with E-state index < -0.39 is 5.82 Å². The molecule has 116 valence electrons. The zero-order chi connectivity index (χ0) is 15.5. The molecule has 3 rings (SSSR count). The third kappa shape index (κ3) is 2.61. The van der Waals surface area contributed by atoms with E-state index in [9.17, 15) is 9.18 Å². The lowest BCUT2D eigenvalue weighted by Crippen LogP contribution is -2.36. The Bertz CT molecular complexity index is 670. The highest BCUT2D eigenvalue weighted by Crippen LogP contribution is 2.29. The summed E-state index contributed by atoms with van der Waals surface area (Å²) in [5.41, 5.74) is 0.0797. The molecular weight excluding hydrogens is 283 g/mol. The highest BCUT2D eigenvalue weighted by molar-refractivity contribution is 5.94. The van der Waals surface area contributed by atoms with Crippen LogP contribution < -0.4 is 0 Å². The summed E-state index contributed by atoms with van der Waals surface area (Å²) in [7, 11) is 0. The van der Waals surface area contributed by atoms with Crippen molar-refractivity contribution in [3.8, 4) is 0 Å². The van der Waals surface area contributed by atoms with E-state index in [0.717, 1.165) is 37.8 Å². The number of pyridine rings is 1. The van der Waals surface area contributed by atoms with Crippen LogP contribution in [0.1, 0.15) is 48.4 Å². The van der Waals surface area contributed by atoms with Crippen LogP contribution in [0.4, 0.5) is 4.39 Å². The Morgan fingerprint density at radius 2 is 2.27 bits per heavy atom. The third-order valence-corrected chi connectivity index (χ3v) is 4.05. The van der Waals surface area contributed by atoms with Gasteiger partial charge in [0.15, 0.2) is 5.82 Å². The average molecular weight is 302 g/mol. The molecule has 0 fully saturated rings. The summed E-state index contributed by atoms with van der Waals surface area (Å²) < 4.78 is 16.0. The first-order valence-corrected chi connectivity index (χ1v) is 7.64. The van der Waals surface area contributed by atoms with Gasteiger partial charge in [0, 0.05) is 31.7 Å². The number of rotatable bonds is 3. The maximum atomic E-state index is 13.9. The Morgan fingerprint density at radius 1 is 1.41 bits per heavy atom. The maximum absolute atomic E-state index is 13.9. The molecule has 0 aliphatic carbocycles. The van der Waals surface area contributed by atoms with Gasteiger partial charge < -0.3 is 9.47 Å². The van der Waals surface area contributed by atoms with Crippen LogP contribution in [0.2, 0.25) is 0 Å². The summed E-state index contributed by atoms with van der Waals surface area (Å²) >= 11 is 0. The Balaban J connectivity index is 1.97. The van der Waals surface area contributed by atoms with Crippen molar-refractivity contribution in [1.29, 1.82) is 0 Å². The Hall–Kier alpha value is -2.24. The van der Waals surface area contributed by atoms with Gasteiger partial charge in [-0.25, -0.2) is 9.37 Å². The minimum atomic E-state index is -0.574. The number of hydrogen-bond donors (Lipinski definition) is 0. The SMILES string of the molecule is CCCC1c2nccn2CCCN1C(=O)c1ccncc1F. The van der Waals surface area contributed by atoms with Gasteiger partial charge in [0.2, 0.25) is 0 Å². The molecule has 2 aromatic rings. The molecule has 0 bridgehead atoms. The van der Waals surface area contributed by atoms with E-state index in [1.54, 1.807) is 11.1 Å². The van der Waals surface area contributed by atoms with Gasteiger partial charge >= 0.3 is 0 Å². The van der Waals surface area contributed by atoms with Gasteiger partial charge in [-0.15, -0.1) is 0 Å². The quantitative estimate of drug-likeness (QED) is 0.876. The monoisotopic (exact) mass is 302 g/mol. The van der Waals surface area contributed by atoms with Crippen molar-refractivity contribution in [2.75, 3.05) is 6.54 Å². The number of aromatic nitrogens is 3. The first kappa shape index (κ1) is 14.7. The van der Waals surface area contributed by atoms with Crippen molar-refractivity contribution >= 4 is 5.91 Å². The molecule has 0 aromatic carbocycles. The summed E-state index contributed by atoms with van der Waals surface area (Å²) in [6.45, 7) is 3.51. The highest BCUT2D eigenvalue weighted by atomic mass is 19.1. The van der Waals surface area contributed by atoms with Crippen molar-refractivity contribution < 1.29 is 9.18 Å². The van der Waals surface area contributed by atoms with Gasteiger partial charge in [0.1, 0.15) is 5.82 Å². The van der Waals surface area contributed by atoms with E-state index >= 15 is 0 Å². The molecule has 0 N–H and O–H groups in total. The normalized spacial score (nSPS) is 17.9. The second-order valence-electron chi connectivity index (χ2n) is 5.49. The molecule has 0 saturated heterocycles. The lowest BCUT2D eigenvalue weighted by atomic mass is 10.1. The maximum Gasteiger partial charge on any atom is 0.257 e. The minimum Gasteiger partial charge on any atom is -0.333 e. The van der Waals surface area contributed by atoms with Crippen LogP contribution in [-0.4, -0.2) is 31.9 Å². The second-order valence-corrected chi connectivity index (χ2v) is 5.49. The Morgan fingerprint density at radius 3 is 3.05 bits per heavy atom. The molecular formula is C16H19FN4O. The number of nitrogens with zero attached hydrogens (tertiary/aromatic N) is 4. The predicted molar refractivity (Wildman–Crippen MR) is 79.7 cm³/mol. The number of fused-ring (bicyclic) bond motifs is 1. The van der Waals surface area contributed by atoms with Crippen LogP contribution in [0.15, 0.2) is 30.9 Å². The van der Waals surface area contributed by atoms with E-state index in [4.69, 9.17) is 0 Å². The molecule has 1 aliphatic heterocycles. The molecule has 2 aromatic heterocycles. The second kappa shape index (κ2) is 6.25. The lowest BCUT2D eigenvalue weighted by molar-refractivity contribution is 0.0660. The molecule has 0 radical (unpaired) electrons. The van der Waals surface area contributed by atoms with Crippen molar-refractivity contribution in [2.24, 2.45) is 0 Å². The van der Waals surface area contributed by atoms with E-state index in [1.165, 1.54) is 12.3 Å². The van der Waals surface area contributed by atoms with Gasteiger partial charge in [-0.05, 0) is 18.9 Å².